The second kappa shape index (κ2) is 8.35. The van der Waals surface area contributed by atoms with Crippen molar-refractivity contribution in [2.24, 2.45) is 0 Å². The third-order valence-corrected chi connectivity index (χ3v) is 5.69. The van der Waals surface area contributed by atoms with Crippen LogP contribution in [0.4, 0.5) is 0 Å². The van der Waals surface area contributed by atoms with Gasteiger partial charge in [-0.25, -0.2) is 4.68 Å². The highest BCUT2D eigenvalue weighted by Crippen LogP contribution is 2.22. The number of ether oxygens (including phenoxy) is 1. The summed E-state index contributed by atoms with van der Waals surface area (Å²) in [4.78, 5) is 0. The molecule has 4 aromatic rings. The fourth-order valence-electron chi connectivity index (χ4n) is 3.20. The number of nitrogens with zero attached hydrogens (tertiary/aromatic N) is 3. The maximum absolute atomic E-state index is 6.27. The molecule has 0 bridgehead atoms. The highest BCUT2D eigenvalue weighted by atomic mass is 32.2. The van der Waals surface area contributed by atoms with Crippen LogP contribution >= 0.6 is 11.8 Å². The van der Waals surface area contributed by atoms with E-state index in [-0.39, 0.29) is 0 Å². The van der Waals surface area contributed by atoms with Gasteiger partial charge in [-0.15, -0.1) is 10.2 Å². The molecule has 0 atom stereocenters. The Labute approximate surface area is 168 Å². The van der Waals surface area contributed by atoms with E-state index in [9.17, 15) is 0 Å². The minimum absolute atomic E-state index is 0.657. The Bertz CT molecular complexity index is 1070. The normalized spacial score (nSPS) is 11.0. The Balaban J connectivity index is 1.42. The first-order valence-corrected chi connectivity index (χ1v) is 10.1. The van der Waals surface area contributed by atoms with Crippen LogP contribution in [0.3, 0.4) is 0 Å². The Hall–Kier alpha value is -2.99. The second-order valence-electron chi connectivity index (χ2n) is 6.53. The van der Waals surface area contributed by atoms with Gasteiger partial charge in [0, 0.05) is 12.2 Å². The number of benzene rings is 3. The Morgan fingerprint density at radius 3 is 2.57 bits per heavy atom. The number of fused-ring (bicyclic) bond motifs is 1. The summed E-state index contributed by atoms with van der Waals surface area (Å²) >= 11 is 1.62. The summed E-state index contributed by atoms with van der Waals surface area (Å²) < 4.78 is 6.81. The molecular formula is C22H22N4OS. The lowest BCUT2D eigenvalue weighted by atomic mass is 10.0. The average Bonchev–Trinajstić information content (AvgIpc) is 3.08. The lowest BCUT2D eigenvalue weighted by Crippen LogP contribution is -2.14. The molecule has 3 aromatic carbocycles. The summed E-state index contributed by atoms with van der Waals surface area (Å²) in [7, 11) is 1.68. The van der Waals surface area contributed by atoms with Crippen molar-refractivity contribution in [2.75, 3.05) is 18.7 Å². The Morgan fingerprint density at radius 2 is 1.75 bits per heavy atom. The highest BCUT2D eigenvalue weighted by molar-refractivity contribution is 7.99. The minimum Gasteiger partial charge on any atom is -0.497 e. The molecule has 0 aliphatic carbocycles. The van der Waals surface area contributed by atoms with Crippen molar-refractivity contribution in [3.63, 3.8) is 0 Å². The lowest BCUT2D eigenvalue weighted by molar-refractivity contribution is 0.414. The zero-order chi connectivity index (χ0) is 19.3. The summed E-state index contributed by atoms with van der Waals surface area (Å²) in [5.74, 6) is 8.79. The third-order valence-electron chi connectivity index (χ3n) is 4.74. The molecule has 0 saturated carbocycles. The predicted molar refractivity (Wildman–Crippen MR) is 114 cm³/mol. The van der Waals surface area contributed by atoms with E-state index in [4.69, 9.17) is 10.6 Å². The van der Waals surface area contributed by atoms with E-state index in [0.717, 1.165) is 28.9 Å². The van der Waals surface area contributed by atoms with Gasteiger partial charge in [-0.2, -0.15) is 0 Å². The fourth-order valence-corrected chi connectivity index (χ4v) is 4.06. The standard InChI is InChI=1S/C22H22N4OS/c1-27-19-11-9-16(10-12-19)13-14-28-22-25-24-21(26(22)23)15-18-7-4-6-17-5-2-3-8-20(17)18/h2-12H,13-15,23H2,1H3. The quantitative estimate of drug-likeness (QED) is 0.380. The van der Waals surface area contributed by atoms with Crippen LogP contribution < -0.4 is 10.6 Å². The molecule has 142 valence electrons. The molecule has 28 heavy (non-hydrogen) atoms. The lowest BCUT2D eigenvalue weighted by Gasteiger charge is -2.07. The number of aromatic nitrogens is 3. The smallest absolute Gasteiger partial charge is 0.209 e. The number of hydrogen-bond donors (Lipinski definition) is 1. The Morgan fingerprint density at radius 1 is 0.964 bits per heavy atom. The van der Waals surface area contributed by atoms with Crippen molar-refractivity contribution in [1.82, 2.24) is 14.9 Å². The van der Waals surface area contributed by atoms with Crippen LogP contribution in [0.25, 0.3) is 10.8 Å². The van der Waals surface area contributed by atoms with E-state index < -0.39 is 0 Å². The summed E-state index contributed by atoms with van der Waals surface area (Å²) in [6.07, 6.45) is 1.59. The van der Waals surface area contributed by atoms with Crippen molar-refractivity contribution in [3.05, 3.63) is 83.7 Å². The van der Waals surface area contributed by atoms with E-state index >= 15 is 0 Å². The summed E-state index contributed by atoms with van der Waals surface area (Å²) in [6.45, 7) is 0. The molecule has 0 fully saturated rings. The zero-order valence-corrected chi connectivity index (χ0v) is 16.5. The van der Waals surface area contributed by atoms with Crippen molar-refractivity contribution < 1.29 is 4.74 Å². The molecule has 1 heterocycles. The summed E-state index contributed by atoms with van der Waals surface area (Å²) in [5, 5.41) is 11.8. The monoisotopic (exact) mass is 390 g/mol. The van der Waals surface area contributed by atoms with Crippen LogP contribution in [0, 0.1) is 0 Å². The maximum Gasteiger partial charge on any atom is 0.209 e. The van der Waals surface area contributed by atoms with E-state index in [2.05, 4.69) is 64.8 Å². The number of nitrogen functional groups attached to an aromatic ring is 1. The van der Waals surface area contributed by atoms with Crippen molar-refractivity contribution in [3.8, 4) is 5.75 Å². The largest absolute Gasteiger partial charge is 0.497 e. The van der Waals surface area contributed by atoms with Gasteiger partial charge in [0.25, 0.3) is 0 Å². The number of nitrogens with two attached hydrogens (primary N) is 1. The van der Waals surface area contributed by atoms with Gasteiger partial charge < -0.3 is 10.6 Å². The van der Waals surface area contributed by atoms with Crippen LogP contribution in [0.5, 0.6) is 5.75 Å². The molecule has 2 N–H and O–H groups in total. The first-order chi connectivity index (χ1) is 13.7. The first-order valence-electron chi connectivity index (χ1n) is 9.16. The fraction of sp³-hybridized carbons (Fsp3) is 0.182. The van der Waals surface area contributed by atoms with Crippen LogP contribution in [-0.2, 0) is 12.8 Å². The second-order valence-corrected chi connectivity index (χ2v) is 7.59. The SMILES string of the molecule is COc1ccc(CCSc2nnc(Cc3cccc4ccccc34)n2N)cc1. The molecule has 0 unspecified atom stereocenters. The molecule has 1 aromatic heterocycles. The van der Waals surface area contributed by atoms with Gasteiger partial charge in [0.1, 0.15) is 5.75 Å². The van der Waals surface area contributed by atoms with Gasteiger partial charge >= 0.3 is 0 Å². The number of rotatable bonds is 7. The summed E-state index contributed by atoms with van der Waals surface area (Å²) in [5.41, 5.74) is 2.46. The molecule has 0 aliphatic rings. The van der Waals surface area contributed by atoms with E-state index in [1.165, 1.54) is 21.9 Å². The summed E-state index contributed by atoms with van der Waals surface area (Å²) in [6, 6.07) is 22.8. The maximum atomic E-state index is 6.27. The molecule has 0 spiro atoms. The van der Waals surface area contributed by atoms with Crippen LogP contribution in [0.2, 0.25) is 0 Å². The first kappa shape index (κ1) is 18.4. The average molecular weight is 391 g/mol. The van der Waals surface area contributed by atoms with Gasteiger partial charge in [-0.3, -0.25) is 0 Å². The molecular weight excluding hydrogens is 368 g/mol. The number of methoxy groups -OCH3 is 1. The van der Waals surface area contributed by atoms with E-state index in [0.29, 0.717) is 6.42 Å². The Kier molecular flexibility index (Phi) is 5.48. The number of thioether (sulfide) groups is 1. The molecule has 0 amide bonds. The number of aryl methyl sites for hydroxylation is 1. The molecule has 6 heteroatoms. The van der Waals surface area contributed by atoms with Crippen molar-refractivity contribution >= 4 is 22.5 Å². The van der Waals surface area contributed by atoms with Crippen LogP contribution in [-0.4, -0.2) is 27.7 Å². The van der Waals surface area contributed by atoms with Crippen LogP contribution in [0.15, 0.2) is 71.9 Å². The molecule has 0 saturated heterocycles. The van der Waals surface area contributed by atoms with Gasteiger partial charge in [-0.1, -0.05) is 66.4 Å². The molecule has 0 aliphatic heterocycles. The van der Waals surface area contributed by atoms with Crippen LogP contribution in [0.1, 0.15) is 17.0 Å². The van der Waals surface area contributed by atoms with Gasteiger partial charge in [0.05, 0.1) is 7.11 Å². The zero-order valence-electron chi connectivity index (χ0n) is 15.7. The van der Waals surface area contributed by atoms with Gasteiger partial charge in [0.2, 0.25) is 5.16 Å². The predicted octanol–water partition coefficient (Wildman–Crippen LogP) is 4.08. The minimum atomic E-state index is 0.657. The third kappa shape index (κ3) is 3.97. The van der Waals surface area contributed by atoms with Gasteiger partial charge in [-0.05, 0) is 40.5 Å². The topological polar surface area (TPSA) is 66.0 Å². The molecule has 5 nitrogen and oxygen atoms in total. The van der Waals surface area contributed by atoms with Crippen molar-refractivity contribution in [1.29, 1.82) is 0 Å². The van der Waals surface area contributed by atoms with E-state index in [1.807, 2.05) is 12.1 Å². The van der Waals surface area contributed by atoms with E-state index in [1.54, 1.807) is 23.5 Å². The number of hydrogen-bond acceptors (Lipinski definition) is 5. The van der Waals surface area contributed by atoms with Crippen molar-refractivity contribution in [2.45, 2.75) is 18.0 Å². The highest BCUT2D eigenvalue weighted by Gasteiger charge is 2.12. The molecule has 0 radical (unpaired) electrons. The molecule has 4 rings (SSSR count). The van der Waals surface area contributed by atoms with Gasteiger partial charge in [0.15, 0.2) is 5.82 Å².